The lowest BCUT2D eigenvalue weighted by Crippen LogP contribution is -2.05. The van der Waals surface area contributed by atoms with Crippen LogP contribution in [-0.2, 0) is 0 Å². The largest absolute Gasteiger partial charge is 0.433 e. The van der Waals surface area contributed by atoms with Crippen molar-refractivity contribution in [2.75, 3.05) is 0 Å². The van der Waals surface area contributed by atoms with E-state index < -0.39 is 6.61 Å². The summed E-state index contributed by atoms with van der Waals surface area (Å²) in [6, 6.07) is 8.78. The van der Waals surface area contributed by atoms with E-state index in [1.54, 1.807) is 18.2 Å². The molecule has 0 aliphatic carbocycles. The molecule has 1 aromatic heterocycles. The third-order valence-electron chi connectivity index (χ3n) is 2.31. The van der Waals surface area contributed by atoms with Crippen LogP contribution in [0, 0.1) is 0 Å². The van der Waals surface area contributed by atoms with Crippen LogP contribution >= 0.6 is 11.6 Å². The van der Waals surface area contributed by atoms with E-state index in [9.17, 15) is 13.6 Å². The van der Waals surface area contributed by atoms with E-state index in [0.29, 0.717) is 0 Å². The molecule has 0 radical (unpaired) electrons. The number of benzene rings is 1. The second-order valence-corrected chi connectivity index (χ2v) is 3.98. The van der Waals surface area contributed by atoms with Gasteiger partial charge in [-0.2, -0.15) is 8.78 Å². The molecule has 1 aromatic carbocycles. The number of carbonyl (C=O) groups excluding carboxylic acids is 1. The topological polar surface area (TPSA) is 39.2 Å². The molecule has 2 rings (SSSR count). The average Bonchev–Trinajstić information content (AvgIpc) is 2.41. The van der Waals surface area contributed by atoms with Crippen molar-refractivity contribution in [2.24, 2.45) is 0 Å². The van der Waals surface area contributed by atoms with Crippen molar-refractivity contribution >= 4 is 17.4 Å². The van der Waals surface area contributed by atoms with Crippen molar-refractivity contribution < 1.29 is 18.3 Å². The Morgan fingerprint density at radius 3 is 2.63 bits per heavy atom. The quantitative estimate of drug-likeness (QED) is 0.805. The number of ether oxygens (including phenoxy) is 1. The normalized spacial score (nSPS) is 10.5. The maximum Gasteiger partial charge on any atom is 0.387 e. The molecule has 6 heteroatoms. The highest BCUT2D eigenvalue weighted by Crippen LogP contribution is 2.27. The third-order valence-corrected chi connectivity index (χ3v) is 2.60. The van der Waals surface area contributed by atoms with E-state index in [1.807, 2.05) is 0 Å². The molecule has 0 saturated carbocycles. The second kappa shape index (κ2) is 5.75. The van der Waals surface area contributed by atoms with Gasteiger partial charge in [-0.15, -0.1) is 0 Å². The average molecular weight is 284 g/mol. The van der Waals surface area contributed by atoms with Crippen molar-refractivity contribution in [3.05, 3.63) is 58.9 Å². The Kier molecular flexibility index (Phi) is 4.06. The summed E-state index contributed by atoms with van der Waals surface area (Å²) < 4.78 is 28.3. The third kappa shape index (κ3) is 3.26. The molecule has 0 aliphatic heterocycles. The molecule has 0 aliphatic rings. The molecule has 3 nitrogen and oxygen atoms in total. The molecule has 0 N–H and O–H groups in total. The van der Waals surface area contributed by atoms with Crippen LogP contribution in [-0.4, -0.2) is 17.4 Å². The van der Waals surface area contributed by atoms with Crippen LogP contribution in [0.4, 0.5) is 8.78 Å². The molecule has 2 aromatic rings. The molecule has 98 valence electrons. The van der Waals surface area contributed by atoms with E-state index in [4.69, 9.17) is 11.6 Å². The maximum atomic E-state index is 12.1. The summed E-state index contributed by atoms with van der Waals surface area (Å²) in [5.41, 5.74) is 0.506. The minimum atomic E-state index is -2.96. The first kappa shape index (κ1) is 13.4. The van der Waals surface area contributed by atoms with Gasteiger partial charge >= 0.3 is 6.61 Å². The Morgan fingerprint density at radius 1 is 1.26 bits per heavy atom. The molecule has 1 heterocycles. The van der Waals surface area contributed by atoms with Crippen molar-refractivity contribution in [2.45, 2.75) is 6.61 Å². The SMILES string of the molecule is O=C(c1ccc(OC(F)F)c(Cl)c1)c1ccccn1. The Morgan fingerprint density at radius 2 is 2.05 bits per heavy atom. The number of pyridine rings is 1. The van der Waals surface area contributed by atoms with E-state index in [-0.39, 0.29) is 27.8 Å². The van der Waals surface area contributed by atoms with Gasteiger partial charge in [0, 0.05) is 11.8 Å². The zero-order valence-electron chi connectivity index (χ0n) is 9.52. The van der Waals surface area contributed by atoms with Gasteiger partial charge in [0.25, 0.3) is 0 Å². The molecule has 0 atom stereocenters. The molecular formula is C13H8ClF2NO2. The molecule has 0 bridgehead atoms. The van der Waals surface area contributed by atoms with Crippen LogP contribution in [0.15, 0.2) is 42.6 Å². The number of alkyl halides is 2. The van der Waals surface area contributed by atoms with Crippen molar-refractivity contribution in [3.8, 4) is 5.75 Å². The molecular weight excluding hydrogens is 276 g/mol. The number of carbonyl (C=O) groups is 1. The van der Waals surface area contributed by atoms with Gasteiger partial charge in [0.1, 0.15) is 11.4 Å². The predicted molar refractivity (Wildman–Crippen MR) is 65.8 cm³/mol. The first-order chi connectivity index (χ1) is 9.08. The van der Waals surface area contributed by atoms with Crippen LogP contribution < -0.4 is 4.74 Å². The van der Waals surface area contributed by atoms with Crippen LogP contribution in [0.25, 0.3) is 0 Å². The van der Waals surface area contributed by atoms with E-state index >= 15 is 0 Å². The Labute approximate surface area is 112 Å². The van der Waals surface area contributed by atoms with Gasteiger partial charge in [-0.05, 0) is 30.3 Å². The summed E-state index contributed by atoms with van der Waals surface area (Å²) in [6.45, 7) is -2.96. The standard InChI is InChI=1S/C13H8ClF2NO2/c14-9-7-8(4-5-11(9)19-13(15)16)12(18)10-3-1-2-6-17-10/h1-7,13H. The van der Waals surface area contributed by atoms with Gasteiger partial charge in [0.2, 0.25) is 5.78 Å². The first-order valence-electron chi connectivity index (χ1n) is 5.28. The predicted octanol–water partition coefficient (Wildman–Crippen LogP) is 3.57. The fourth-order valence-corrected chi connectivity index (χ4v) is 1.70. The van der Waals surface area contributed by atoms with E-state index in [1.165, 1.54) is 24.4 Å². The van der Waals surface area contributed by atoms with Gasteiger partial charge in [0.15, 0.2) is 0 Å². The van der Waals surface area contributed by atoms with Gasteiger partial charge in [-0.25, -0.2) is 0 Å². The summed E-state index contributed by atoms with van der Waals surface area (Å²) in [5.74, 6) is -0.514. The van der Waals surface area contributed by atoms with Crippen molar-refractivity contribution in [1.29, 1.82) is 0 Å². The summed E-state index contributed by atoms with van der Waals surface area (Å²) in [5, 5.41) is -0.0536. The highest BCUT2D eigenvalue weighted by molar-refractivity contribution is 6.32. The fourth-order valence-electron chi connectivity index (χ4n) is 1.48. The van der Waals surface area contributed by atoms with Crippen LogP contribution in [0.2, 0.25) is 5.02 Å². The second-order valence-electron chi connectivity index (χ2n) is 3.57. The maximum absolute atomic E-state index is 12.1. The zero-order chi connectivity index (χ0) is 13.8. The number of ketones is 1. The fraction of sp³-hybridized carbons (Fsp3) is 0.0769. The van der Waals surface area contributed by atoms with E-state index in [2.05, 4.69) is 9.72 Å². The number of nitrogens with zero attached hydrogens (tertiary/aromatic N) is 1. The van der Waals surface area contributed by atoms with Gasteiger partial charge < -0.3 is 4.74 Å². The monoisotopic (exact) mass is 283 g/mol. The number of hydrogen-bond donors (Lipinski definition) is 0. The van der Waals surface area contributed by atoms with Crippen LogP contribution in [0.5, 0.6) is 5.75 Å². The number of aromatic nitrogens is 1. The summed E-state index contributed by atoms with van der Waals surface area (Å²) in [4.78, 5) is 15.9. The molecule has 0 spiro atoms. The molecule has 0 unspecified atom stereocenters. The van der Waals surface area contributed by atoms with Crippen LogP contribution in [0.3, 0.4) is 0 Å². The van der Waals surface area contributed by atoms with Crippen molar-refractivity contribution in [1.82, 2.24) is 4.98 Å². The number of hydrogen-bond acceptors (Lipinski definition) is 3. The number of halogens is 3. The molecule has 0 amide bonds. The number of rotatable bonds is 4. The lowest BCUT2D eigenvalue weighted by molar-refractivity contribution is -0.0497. The van der Waals surface area contributed by atoms with E-state index in [0.717, 1.165) is 0 Å². The summed E-state index contributed by atoms with van der Waals surface area (Å²) >= 11 is 5.77. The zero-order valence-corrected chi connectivity index (χ0v) is 10.3. The lowest BCUT2D eigenvalue weighted by Gasteiger charge is -2.07. The van der Waals surface area contributed by atoms with Crippen molar-refractivity contribution in [3.63, 3.8) is 0 Å². The minimum Gasteiger partial charge on any atom is -0.433 e. The smallest absolute Gasteiger partial charge is 0.387 e. The lowest BCUT2D eigenvalue weighted by atomic mass is 10.1. The van der Waals surface area contributed by atoms with Crippen LogP contribution in [0.1, 0.15) is 16.1 Å². The molecule has 0 saturated heterocycles. The van der Waals surface area contributed by atoms with Gasteiger partial charge in [-0.1, -0.05) is 17.7 Å². The Balaban J connectivity index is 2.27. The molecule has 19 heavy (non-hydrogen) atoms. The summed E-state index contributed by atoms with van der Waals surface area (Å²) in [6.07, 6.45) is 1.49. The van der Waals surface area contributed by atoms with Gasteiger partial charge in [-0.3, -0.25) is 9.78 Å². The summed E-state index contributed by atoms with van der Waals surface area (Å²) in [7, 11) is 0. The Bertz CT molecular complexity index is 590. The van der Waals surface area contributed by atoms with Gasteiger partial charge in [0.05, 0.1) is 5.02 Å². The minimum absolute atomic E-state index is 0.0536. The molecule has 0 fully saturated rings. The highest BCUT2D eigenvalue weighted by atomic mass is 35.5. The Hall–Kier alpha value is -2.01. The highest BCUT2D eigenvalue weighted by Gasteiger charge is 2.14. The first-order valence-corrected chi connectivity index (χ1v) is 5.66.